The molecule has 0 aromatic heterocycles. The highest BCUT2D eigenvalue weighted by molar-refractivity contribution is 8.00. The second kappa shape index (κ2) is 9.83. The second-order valence-corrected chi connectivity index (χ2v) is 8.48. The van der Waals surface area contributed by atoms with E-state index in [0.29, 0.717) is 5.75 Å². The van der Waals surface area contributed by atoms with E-state index < -0.39 is 0 Å². The van der Waals surface area contributed by atoms with Gasteiger partial charge in [0.15, 0.2) is 0 Å². The van der Waals surface area contributed by atoms with Gasteiger partial charge in [-0.3, -0.25) is 9.59 Å². The average molecular weight is 412 g/mol. The topological polar surface area (TPSA) is 52.7 Å². The predicted octanol–water partition coefficient (Wildman–Crippen LogP) is 3.63. The molecular formula is C23H29N3O2S. The maximum Gasteiger partial charge on any atom is 0.234 e. The summed E-state index contributed by atoms with van der Waals surface area (Å²) in [7, 11) is 0. The van der Waals surface area contributed by atoms with Crippen LogP contribution in [0.15, 0.2) is 42.5 Å². The average Bonchev–Trinajstić information content (AvgIpc) is 2.70. The van der Waals surface area contributed by atoms with E-state index in [9.17, 15) is 9.59 Å². The molecule has 1 heterocycles. The number of benzene rings is 2. The van der Waals surface area contributed by atoms with Crippen molar-refractivity contribution in [1.29, 1.82) is 0 Å². The van der Waals surface area contributed by atoms with E-state index in [1.807, 2.05) is 36.1 Å². The van der Waals surface area contributed by atoms with Gasteiger partial charge in [-0.05, 0) is 55.7 Å². The van der Waals surface area contributed by atoms with Gasteiger partial charge in [-0.15, -0.1) is 11.8 Å². The van der Waals surface area contributed by atoms with Crippen LogP contribution in [0.5, 0.6) is 0 Å². The van der Waals surface area contributed by atoms with E-state index in [1.165, 1.54) is 28.6 Å². The molecule has 1 aliphatic rings. The summed E-state index contributed by atoms with van der Waals surface area (Å²) in [5, 5.41) is 2.88. The molecular weight excluding hydrogens is 382 g/mol. The van der Waals surface area contributed by atoms with Crippen LogP contribution in [0.4, 0.5) is 11.4 Å². The third-order valence-corrected chi connectivity index (χ3v) is 6.23. The first-order chi connectivity index (χ1) is 13.9. The van der Waals surface area contributed by atoms with E-state index in [4.69, 9.17) is 0 Å². The fourth-order valence-corrected chi connectivity index (χ4v) is 4.23. The van der Waals surface area contributed by atoms with E-state index in [-0.39, 0.29) is 17.6 Å². The van der Waals surface area contributed by atoms with Gasteiger partial charge in [0.05, 0.1) is 11.5 Å². The number of nitrogens with zero attached hydrogens (tertiary/aromatic N) is 2. The number of piperazine rings is 1. The molecule has 0 unspecified atom stereocenters. The highest BCUT2D eigenvalue weighted by atomic mass is 32.2. The van der Waals surface area contributed by atoms with Crippen molar-refractivity contribution in [1.82, 2.24) is 4.90 Å². The lowest BCUT2D eigenvalue weighted by molar-refractivity contribution is -0.128. The minimum Gasteiger partial charge on any atom is -0.368 e. The molecule has 0 atom stereocenters. The number of carbonyl (C=O) groups excluding carboxylic acids is 2. The van der Waals surface area contributed by atoms with Gasteiger partial charge in [-0.25, -0.2) is 0 Å². The Balaban J connectivity index is 1.41. The zero-order valence-corrected chi connectivity index (χ0v) is 18.2. The largest absolute Gasteiger partial charge is 0.368 e. The van der Waals surface area contributed by atoms with Crippen molar-refractivity contribution >= 4 is 35.0 Å². The molecule has 0 aliphatic carbocycles. The van der Waals surface area contributed by atoms with Gasteiger partial charge in [0.1, 0.15) is 0 Å². The van der Waals surface area contributed by atoms with Crippen LogP contribution in [0.3, 0.4) is 0 Å². The van der Waals surface area contributed by atoms with Gasteiger partial charge in [0.2, 0.25) is 11.8 Å². The van der Waals surface area contributed by atoms with Crippen LogP contribution in [0.1, 0.15) is 16.7 Å². The van der Waals surface area contributed by atoms with Crippen molar-refractivity contribution in [2.45, 2.75) is 20.8 Å². The van der Waals surface area contributed by atoms with Crippen LogP contribution in [-0.2, 0) is 9.59 Å². The van der Waals surface area contributed by atoms with E-state index >= 15 is 0 Å². The fourth-order valence-electron chi connectivity index (χ4n) is 3.52. The summed E-state index contributed by atoms with van der Waals surface area (Å²) in [4.78, 5) is 28.8. The van der Waals surface area contributed by atoms with Gasteiger partial charge in [-0.2, -0.15) is 0 Å². The van der Waals surface area contributed by atoms with Crippen LogP contribution in [0, 0.1) is 20.8 Å². The lowest BCUT2D eigenvalue weighted by atomic mass is 10.1. The van der Waals surface area contributed by atoms with Crippen molar-refractivity contribution < 1.29 is 9.59 Å². The Kier molecular flexibility index (Phi) is 7.20. The van der Waals surface area contributed by atoms with Gasteiger partial charge in [-0.1, -0.05) is 24.3 Å². The first-order valence-electron chi connectivity index (χ1n) is 9.97. The number of amides is 2. The van der Waals surface area contributed by atoms with E-state index in [2.05, 4.69) is 42.3 Å². The first kappa shape index (κ1) is 21.2. The molecule has 0 bridgehead atoms. The number of nitrogens with one attached hydrogen (secondary N) is 1. The highest BCUT2D eigenvalue weighted by Gasteiger charge is 2.22. The number of thioether (sulfide) groups is 1. The molecule has 0 radical (unpaired) electrons. The third kappa shape index (κ3) is 5.76. The molecule has 5 nitrogen and oxygen atoms in total. The summed E-state index contributed by atoms with van der Waals surface area (Å²) in [6.07, 6.45) is 0. The number of hydrogen-bond donors (Lipinski definition) is 1. The van der Waals surface area contributed by atoms with Gasteiger partial charge in [0.25, 0.3) is 0 Å². The maximum absolute atomic E-state index is 12.5. The standard InChI is InChI=1S/C23H29N3O2S/c1-17-6-4-8-20(14-17)24-22(27)15-29-16-23(28)26-12-10-25(11-13-26)21-9-5-7-18(2)19(21)3/h4-9,14H,10-13,15-16H2,1-3H3,(H,24,27). The Labute approximate surface area is 177 Å². The number of aryl methyl sites for hydroxylation is 2. The van der Waals surface area contributed by atoms with Crippen LogP contribution in [0.25, 0.3) is 0 Å². The Hall–Kier alpha value is -2.47. The minimum atomic E-state index is -0.0758. The van der Waals surface area contributed by atoms with Crippen molar-refractivity contribution in [3.05, 3.63) is 59.2 Å². The summed E-state index contributed by atoms with van der Waals surface area (Å²) >= 11 is 1.37. The number of carbonyl (C=O) groups is 2. The second-order valence-electron chi connectivity index (χ2n) is 7.50. The van der Waals surface area contributed by atoms with Crippen LogP contribution in [-0.4, -0.2) is 54.4 Å². The molecule has 0 saturated carbocycles. The molecule has 1 saturated heterocycles. The SMILES string of the molecule is Cc1cccc(NC(=O)CSCC(=O)N2CCN(c3cccc(C)c3C)CC2)c1. The molecule has 2 aromatic rings. The molecule has 1 fully saturated rings. The van der Waals surface area contributed by atoms with Gasteiger partial charge in [0, 0.05) is 37.6 Å². The van der Waals surface area contributed by atoms with Gasteiger partial charge >= 0.3 is 0 Å². The quantitative estimate of drug-likeness (QED) is 0.789. The zero-order chi connectivity index (χ0) is 20.8. The Morgan fingerprint density at radius 3 is 2.41 bits per heavy atom. The normalized spacial score (nSPS) is 14.0. The molecule has 3 rings (SSSR count). The summed E-state index contributed by atoms with van der Waals surface area (Å²) in [5.41, 5.74) is 5.76. The molecule has 154 valence electrons. The smallest absolute Gasteiger partial charge is 0.234 e. The molecule has 1 aliphatic heterocycles. The maximum atomic E-state index is 12.5. The summed E-state index contributed by atoms with van der Waals surface area (Å²) in [6, 6.07) is 14.1. The summed E-state index contributed by atoms with van der Waals surface area (Å²) in [6.45, 7) is 9.41. The summed E-state index contributed by atoms with van der Waals surface area (Å²) in [5.74, 6) is 0.652. The third-order valence-electron chi connectivity index (χ3n) is 5.31. The lowest BCUT2D eigenvalue weighted by Gasteiger charge is -2.37. The molecule has 2 amide bonds. The number of rotatable bonds is 6. The molecule has 29 heavy (non-hydrogen) atoms. The van der Waals surface area contributed by atoms with Crippen molar-refractivity contribution in [2.75, 3.05) is 47.9 Å². The van der Waals surface area contributed by atoms with Crippen molar-refractivity contribution in [3.63, 3.8) is 0 Å². The Morgan fingerprint density at radius 1 is 0.966 bits per heavy atom. The van der Waals surface area contributed by atoms with Gasteiger partial charge < -0.3 is 15.1 Å². The Bertz CT molecular complexity index is 876. The molecule has 0 spiro atoms. The molecule has 2 aromatic carbocycles. The fraction of sp³-hybridized carbons (Fsp3) is 0.391. The van der Waals surface area contributed by atoms with E-state index in [0.717, 1.165) is 37.4 Å². The monoisotopic (exact) mass is 411 g/mol. The number of anilines is 2. The van der Waals surface area contributed by atoms with Crippen molar-refractivity contribution in [3.8, 4) is 0 Å². The summed E-state index contributed by atoms with van der Waals surface area (Å²) < 4.78 is 0. The van der Waals surface area contributed by atoms with Crippen LogP contribution in [0.2, 0.25) is 0 Å². The molecule has 6 heteroatoms. The minimum absolute atomic E-state index is 0.0758. The van der Waals surface area contributed by atoms with Crippen LogP contribution < -0.4 is 10.2 Å². The number of hydrogen-bond acceptors (Lipinski definition) is 4. The van der Waals surface area contributed by atoms with Crippen molar-refractivity contribution in [2.24, 2.45) is 0 Å². The predicted molar refractivity (Wildman–Crippen MR) is 122 cm³/mol. The highest BCUT2D eigenvalue weighted by Crippen LogP contribution is 2.24. The Morgan fingerprint density at radius 2 is 1.69 bits per heavy atom. The lowest BCUT2D eigenvalue weighted by Crippen LogP contribution is -2.49. The van der Waals surface area contributed by atoms with E-state index in [1.54, 1.807) is 0 Å². The van der Waals surface area contributed by atoms with Crippen LogP contribution >= 0.6 is 11.8 Å². The molecule has 1 N–H and O–H groups in total. The zero-order valence-electron chi connectivity index (χ0n) is 17.4. The first-order valence-corrected chi connectivity index (χ1v) is 11.1.